The Kier molecular flexibility index (Phi) is 4.55. The quantitative estimate of drug-likeness (QED) is 0.338. The Hall–Kier alpha value is -2.17. The number of amides is 2. The third kappa shape index (κ3) is 2.83. The molecule has 26 heavy (non-hydrogen) atoms. The second kappa shape index (κ2) is 6.86. The molecule has 1 aliphatic heterocycles. The minimum Gasteiger partial charge on any atom is -0.426 e. The summed E-state index contributed by atoms with van der Waals surface area (Å²) in [5.74, 6) is 0.437. The Balaban J connectivity index is 1.49. The second-order valence-corrected chi connectivity index (χ2v) is 7.83. The summed E-state index contributed by atoms with van der Waals surface area (Å²) in [6.07, 6.45) is 6.39. The highest BCUT2D eigenvalue weighted by atomic mass is 16.5. The summed E-state index contributed by atoms with van der Waals surface area (Å²) < 4.78 is 5.39. The van der Waals surface area contributed by atoms with Gasteiger partial charge in [0, 0.05) is 12.5 Å². The van der Waals surface area contributed by atoms with Gasteiger partial charge >= 0.3 is 5.97 Å². The van der Waals surface area contributed by atoms with Crippen molar-refractivity contribution in [1.29, 1.82) is 0 Å². The van der Waals surface area contributed by atoms with Gasteiger partial charge in [-0.3, -0.25) is 14.4 Å². The van der Waals surface area contributed by atoms with E-state index < -0.39 is 0 Å². The number of nitrogens with zero attached hydrogens (tertiary/aromatic N) is 1. The fourth-order valence-electron chi connectivity index (χ4n) is 5.05. The van der Waals surface area contributed by atoms with Crippen LogP contribution in [0.15, 0.2) is 24.3 Å². The van der Waals surface area contributed by atoms with E-state index in [0.717, 1.165) is 38.5 Å². The van der Waals surface area contributed by atoms with Crippen LogP contribution in [0, 0.1) is 23.7 Å². The first-order valence-electron chi connectivity index (χ1n) is 9.78. The Morgan fingerprint density at radius 3 is 2.46 bits per heavy atom. The fourth-order valence-corrected chi connectivity index (χ4v) is 5.05. The Labute approximate surface area is 153 Å². The van der Waals surface area contributed by atoms with Crippen LogP contribution in [-0.4, -0.2) is 17.8 Å². The van der Waals surface area contributed by atoms with Crippen LogP contribution in [0.3, 0.4) is 0 Å². The van der Waals surface area contributed by atoms with E-state index >= 15 is 0 Å². The summed E-state index contributed by atoms with van der Waals surface area (Å²) in [6.45, 7) is 2.08. The number of hydrogen-bond acceptors (Lipinski definition) is 4. The van der Waals surface area contributed by atoms with Crippen molar-refractivity contribution >= 4 is 23.5 Å². The van der Waals surface area contributed by atoms with Crippen LogP contribution in [0.1, 0.15) is 51.9 Å². The second-order valence-electron chi connectivity index (χ2n) is 7.83. The zero-order valence-electron chi connectivity index (χ0n) is 15.1. The Morgan fingerprint density at radius 1 is 1.12 bits per heavy atom. The van der Waals surface area contributed by atoms with Crippen LogP contribution in [0.2, 0.25) is 0 Å². The van der Waals surface area contributed by atoms with Crippen molar-refractivity contribution in [2.75, 3.05) is 4.90 Å². The molecule has 1 heterocycles. The van der Waals surface area contributed by atoms with Gasteiger partial charge in [0.15, 0.2) is 0 Å². The maximum absolute atomic E-state index is 12.9. The van der Waals surface area contributed by atoms with Crippen molar-refractivity contribution in [2.45, 2.75) is 51.9 Å². The molecule has 0 aromatic heterocycles. The van der Waals surface area contributed by atoms with Gasteiger partial charge in [0.2, 0.25) is 11.8 Å². The molecule has 0 N–H and O–H groups in total. The highest BCUT2D eigenvalue weighted by Gasteiger charge is 2.61. The average Bonchev–Trinajstić information content (AvgIpc) is 3.29. The van der Waals surface area contributed by atoms with Crippen LogP contribution >= 0.6 is 0 Å². The van der Waals surface area contributed by atoms with Crippen molar-refractivity contribution in [3.8, 4) is 5.75 Å². The van der Waals surface area contributed by atoms with E-state index in [2.05, 4.69) is 6.92 Å². The van der Waals surface area contributed by atoms with Crippen LogP contribution in [0.25, 0.3) is 0 Å². The lowest BCUT2D eigenvalue weighted by Gasteiger charge is -2.19. The molecule has 2 aliphatic carbocycles. The lowest BCUT2D eigenvalue weighted by atomic mass is 9.81. The van der Waals surface area contributed by atoms with E-state index in [1.165, 1.54) is 4.90 Å². The van der Waals surface area contributed by atoms with Gasteiger partial charge in [-0.15, -0.1) is 0 Å². The van der Waals surface area contributed by atoms with Gasteiger partial charge in [-0.1, -0.05) is 25.8 Å². The third-order valence-corrected chi connectivity index (χ3v) is 6.22. The number of ether oxygens (including phenoxy) is 1. The summed E-state index contributed by atoms with van der Waals surface area (Å²) in [7, 11) is 0. The average molecular weight is 355 g/mol. The molecule has 2 saturated carbocycles. The number of hydrogen-bond donors (Lipinski definition) is 0. The summed E-state index contributed by atoms with van der Waals surface area (Å²) in [5, 5.41) is 0. The van der Waals surface area contributed by atoms with E-state index in [4.69, 9.17) is 4.74 Å². The molecule has 2 bridgehead atoms. The molecular formula is C21H25NO4. The predicted octanol–water partition coefficient (Wildman–Crippen LogP) is 3.71. The van der Waals surface area contributed by atoms with E-state index in [9.17, 15) is 14.4 Å². The van der Waals surface area contributed by atoms with Crippen LogP contribution in [-0.2, 0) is 14.4 Å². The Morgan fingerprint density at radius 2 is 1.81 bits per heavy atom. The number of carbonyl (C=O) groups excluding carboxylic acids is 3. The van der Waals surface area contributed by atoms with E-state index in [1.807, 2.05) is 0 Å². The summed E-state index contributed by atoms with van der Waals surface area (Å²) in [5.41, 5.74) is 0.521. The third-order valence-electron chi connectivity index (χ3n) is 6.22. The van der Waals surface area contributed by atoms with E-state index in [1.54, 1.807) is 24.3 Å². The molecule has 1 aromatic rings. The topological polar surface area (TPSA) is 63.7 Å². The van der Waals surface area contributed by atoms with E-state index in [0.29, 0.717) is 29.7 Å². The maximum Gasteiger partial charge on any atom is 0.311 e. The van der Waals surface area contributed by atoms with Crippen molar-refractivity contribution in [2.24, 2.45) is 23.7 Å². The molecule has 5 heteroatoms. The number of anilines is 1. The minimum absolute atomic E-state index is 0.0707. The molecule has 4 atom stereocenters. The highest BCUT2D eigenvalue weighted by Crippen LogP contribution is 2.56. The van der Waals surface area contributed by atoms with Crippen LogP contribution in [0.4, 0.5) is 5.69 Å². The number of imide groups is 1. The van der Waals surface area contributed by atoms with Gasteiger partial charge in [0.25, 0.3) is 0 Å². The lowest BCUT2D eigenvalue weighted by molar-refractivity contribution is -0.134. The fraction of sp³-hybridized carbons (Fsp3) is 0.571. The monoisotopic (exact) mass is 355 g/mol. The zero-order valence-corrected chi connectivity index (χ0v) is 15.1. The normalized spacial score (nSPS) is 29.3. The van der Waals surface area contributed by atoms with E-state index in [-0.39, 0.29) is 29.6 Å². The van der Waals surface area contributed by atoms with Crippen molar-refractivity contribution in [3.63, 3.8) is 0 Å². The van der Waals surface area contributed by atoms with Gasteiger partial charge in [-0.25, -0.2) is 4.90 Å². The summed E-state index contributed by atoms with van der Waals surface area (Å²) in [4.78, 5) is 39.0. The first kappa shape index (κ1) is 17.3. The molecule has 0 unspecified atom stereocenters. The number of fused-ring (bicyclic) bond motifs is 5. The van der Waals surface area contributed by atoms with Crippen molar-refractivity contribution in [1.82, 2.24) is 0 Å². The van der Waals surface area contributed by atoms with Crippen molar-refractivity contribution < 1.29 is 19.1 Å². The minimum atomic E-state index is -0.274. The number of esters is 1. The number of carbonyl (C=O) groups is 3. The molecular weight excluding hydrogens is 330 g/mol. The molecule has 3 fully saturated rings. The summed E-state index contributed by atoms with van der Waals surface area (Å²) in [6, 6.07) is 6.80. The molecule has 4 rings (SSSR count). The molecule has 5 nitrogen and oxygen atoms in total. The smallest absolute Gasteiger partial charge is 0.311 e. The predicted molar refractivity (Wildman–Crippen MR) is 96.5 cm³/mol. The van der Waals surface area contributed by atoms with Crippen LogP contribution in [0.5, 0.6) is 5.75 Å². The first-order valence-corrected chi connectivity index (χ1v) is 9.78. The van der Waals surface area contributed by atoms with Crippen molar-refractivity contribution in [3.05, 3.63) is 24.3 Å². The highest BCUT2D eigenvalue weighted by molar-refractivity contribution is 6.22. The molecule has 0 radical (unpaired) electrons. The maximum atomic E-state index is 12.9. The number of unbranched alkanes of at least 4 members (excludes halogenated alkanes) is 2. The molecule has 1 saturated heterocycles. The van der Waals surface area contributed by atoms with Gasteiger partial charge in [-0.05, 0) is 49.7 Å². The molecule has 3 aliphatic rings. The Bertz CT molecular complexity index is 715. The number of benzene rings is 1. The summed E-state index contributed by atoms with van der Waals surface area (Å²) >= 11 is 0. The van der Waals surface area contributed by atoms with Gasteiger partial charge in [-0.2, -0.15) is 0 Å². The first-order chi connectivity index (χ1) is 12.6. The molecule has 138 valence electrons. The largest absolute Gasteiger partial charge is 0.426 e. The standard InChI is InChI=1S/C21H25NO4/c1-2-3-4-8-17(23)26-16-7-5-6-15(12-16)22-20(24)18-13-9-10-14(11-13)19(18)21(22)25/h5-7,12-14,18-19H,2-4,8-11H2,1H3/t13-,14-,18-,19+/m0/s1. The molecule has 0 spiro atoms. The zero-order chi connectivity index (χ0) is 18.3. The van der Waals surface area contributed by atoms with Gasteiger partial charge in [0.05, 0.1) is 17.5 Å². The van der Waals surface area contributed by atoms with Crippen LogP contribution < -0.4 is 9.64 Å². The number of rotatable bonds is 6. The van der Waals surface area contributed by atoms with Gasteiger partial charge in [0.1, 0.15) is 5.75 Å². The van der Waals surface area contributed by atoms with Gasteiger partial charge < -0.3 is 4.74 Å². The SMILES string of the molecule is CCCCCC(=O)Oc1cccc(N2C(=O)[C@@H]3[C@H]4CC[C@@H](C4)[C@@H]3C2=O)c1. The molecule has 1 aromatic carbocycles. The lowest BCUT2D eigenvalue weighted by Crippen LogP contribution is -2.32. The molecule has 2 amide bonds.